The van der Waals surface area contributed by atoms with Crippen molar-refractivity contribution in [2.75, 3.05) is 0 Å². The molecule has 0 spiro atoms. The van der Waals surface area contributed by atoms with Crippen LogP contribution in [-0.2, 0) is 5.41 Å². The third kappa shape index (κ3) is 7.67. The summed E-state index contributed by atoms with van der Waals surface area (Å²) in [4.78, 5) is 0. The monoisotopic (exact) mass is 1000 g/mol. The lowest BCUT2D eigenvalue weighted by Crippen LogP contribution is -2.28. The molecule has 79 heavy (non-hydrogen) atoms. The Hall–Kier alpha value is -10.1. The SMILES string of the molecule is c1ccc(-c2ccc(C3(c4ccc(-c5ccccc5)cc4)c4ccccc4-c4ccc(-c5c6ccccc6c(-c6ccc(-c7cc(-c8ccccc8)cc(-c8ccccc8)c7)c7ccccc67)c6ccccc56)cc43)cc2)cc1. The second kappa shape index (κ2) is 19.2. The lowest BCUT2D eigenvalue weighted by Gasteiger charge is -2.34. The van der Waals surface area contributed by atoms with Gasteiger partial charge in [-0.1, -0.05) is 291 Å². The summed E-state index contributed by atoms with van der Waals surface area (Å²) in [6.45, 7) is 0. The summed E-state index contributed by atoms with van der Waals surface area (Å²) < 4.78 is 0. The maximum Gasteiger partial charge on any atom is 0.0713 e. The van der Waals surface area contributed by atoms with E-state index in [0.29, 0.717) is 0 Å². The molecule has 0 radical (unpaired) electrons. The van der Waals surface area contributed by atoms with Crippen molar-refractivity contribution >= 4 is 32.3 Å². The minimum absolute atomic E-state index is 0.610. The van der Waals surface area contributed by atoms with Crippen LogP contribution in [0, 0.1) is 0 Å². The van der Waals surface area contributed by atoms with Crippen molar-refractivity contribution in [3.63, 3.8) is 0 Å². The molecule has 1 aliphatic carbocycles. The second-order valence-corrected chi connectivity index (χ2v) is 21.0. The van der Waals surface area contributed by atoms with E-state index in [9.17, 15) is 0 Å². The van der Waals surface area contributed by atoms with Crippen molar-refractivity contribution in [3.8, 4) is 89.0 Å². The van der Waals surface area contributed by atoms with Crippen LogP contribution < -0.4 is 0 Å². The minimum Gasteiger partial charge on any atom is -0.0622 e. The van der Waals surface area contributed by atoms with Gasteiger partial charge in [0.05, 0.1) is 5.41 Å². The Morgan fingerprint density at radius 1 is 0.165 bits per heavy atom. The Morgan fingerprint density at radius 3 is 0.987 bits per heavy atom. The fraction of sp³-hybridized carbons (Fsp3) is 0.0127. The first-order valence-corrected chi connectivity index (χ1v) is 27.5. The average Bonchev–Trinajstić information content (AvgIpc) is 4.04. The smallest absolute Gasteiger partial charge is 0.0622 e. The third-order valence-electron chi connectivity index (χ3n) is 16.8. The van der Waals surface area contributed by atoms with E-state index in [0.717, 1.165) is 0 Å². The normalized spacial score (nSPS) is 12.4. The van der Waals surface area contributed by atoms with Crippen molar-refractivity contribution in [2.24, 2.45) is 0 Å². The zero-order valence-electron chi connectivity index (χ0n) is 43.5. The number of rotatable bonds is 9. The molecular formula is C79H52. The molecule has 15 rings (SSSR count). The topological polar surface area (TPSA) is 0 Å². The lowest BCUT2D eigenvalue weighted by molar-refractivity contribution is 0.769. The molecule has 0 heteroatoms. The zero-order valence-corrected chi connectivity index (χ0v) is 43.5. The molecule has 1 aliphatic rings. The van der Waals surface area contributed by atoms with Crippen LogP contribution in [0.5, 0.6) is 0 Å². The number of hydrogen-bond acceptors (Lipinski definition) is 0. The summed E-state index contributed by atoms with van der Waals surface area (Å²) in [6, 6.07) is 117. The Balaban J connectivity index is 0.938. The first kappa shape index (κ1) is 46.2. The van der Waals surface area contributed by atoms with E-state index in [1.54, 1.807) is 0 Å². The molecule has 0 amide bonds. The molecule has 0 saturated heterocycles. The molecule has 0 unspecified atom stereocenters. The number of fused-ring (bicyclic) bond motifs is 6. The predicted molar refractivity (Wildman–Crippen MR) is 334 cm³/mol. The standard InChI is InChI=1S/C79H52/c1-5-21-53(22-6-1)57-37-42-63(43-38-57)79(64-44-39-58(40-45-64)54-23-7-2-8-24-54)75-36-20-19-31-68(75)69-46-41-59(52-76(69)79)77-70-32-15-17-34-72(70)78(73-35-18-16-33-71(73)77)74-48-47-65(66-29-13-14-30-67(66)74)62-50-60(55-25-9-3-10-26-55)49-61(51-62)56-27-11-4-12-28-56/h1-52H. The van der Waals surface area contributed by atoms with E-state index in [1.165, 1.54) is 144 Å². The van der Waals surface area contributed by atoms with Crippen molar-refractivity contribution in [2.45, 2.75) is 5.41 Å². The van der Waals surface area contributed by atoms with Crippen molar-refractivity contribution < 1.29 is 0 Å². The van der Waals surface area contributed by atoms with Gasteiger partial charge in [0, 0.05) is 0 Å². The van der Waals surface area contributed by atoms with E-state index in [2.05, 4.69) is 315 Å². The van der Waals surface area contributed by atoms with E-state index in [-0.39, 0.29) is 0 Å². The molecule has 0 aromatic heterocycles. The quantitative estimate of drug-likeness (QED) is 0.126. The molecule has 0 bridgehead atoms. The predicted octanol–water partition coefficient (Wildman–Crippen LogP) is 21.2. The molecule has 0 nitrogen and oxygen atoms in total. The van der Waals surface area contributed by atoms with Gasteiger partial charge in [-0.3, -0.25) is 0 Å². The number of benzene rings is 14. The third-order valence-corrected chi connectivity index (χ3v) is 16.8. The van der Waals surface area contributed by atoms with Crippen LogP contribution in [0.3, 0.4) is 0 Å². The van der Waals surface area contributed by atoms with Crippen molar-refractivity contribution in [1.29, 1.82) is 0 Å². The van der Waals surface area contributed by atoms with Crippen LogP contribution >= 0.6 is 0 Å². The molecular weight excluding hydrogens is 949 g/mol. The van der Waals surface area contributed by atoms with Crippen molar-refractivity contribution in [3.05, 3.63) is 338 Å². The first-order valence-electron chi connectivity index (χ1n) is 27.5. The van der Waals surface area contributed by atoms with Crippen LogP contribution in [0.2, 0.25) is 0 Å². The van der Waals surface area contributed by atoms with E-state index in [1.807, 2.05) is 0 Å². The maximum atomic E-state index is 2.54. The molecule has 0 fully saturated rings. The fourth-order valence-electron chi connectivity index (χ4n) is 13.2. The summed E-state index contributed by atoms with van der Waals surface area (Å²) in [6.07, 6.45) is 0. The summed E-state index contributed by atoms with van der Waals surface area (Å²) in [5.74, 6) is 0. The molecule has 0 heterocycles. The van der Waals surface area contributed by atoms with E-state index >= 15 is 0 Å². The van der Waals surface area contributed by atoms with E-state index < -0.39 is 5.41 Å². The summed E-state index contributed by atoms with van der Waals surface area (Å²) in [5.41, 5.74) is 24.0. The summed E-state index contributed by atoms with van der Waals surface area (Å²) in [7, 11) is 0. The largest absolute Gasteiger partial charge is 0.0713 e. The lowest BCUT2D eigenvalue weighted by atomic mass is 9.67. The van der Waals surface area contributed by atoms with Gasteiger partial charge >= 0.3 is 0 Å². The Morgan fingerprint density at radius 2 is 0.494 bits per heavy atom. The van der Waals surface area contributed by atoms with Gasteiger partial charge in [0.15, 0.2) is 0 Å². The highest BCUT2D eigenvalue weighted by Crippen LogP contribution is 2.58. The summed E-state index contributed by atoms with van der Waals surface area (Å²) >= 11 is 0. The highest BCUT2D eigenvalue weighted by Gasteiger charge is 2.46. The second-order valence-electron chi connectivity index (χ2n) is 21.0. The van der Waals surface area contributed by atoms with Gasteiger partial charge in [-0.15, -0.1) is 0 Å². The van der Waals surface area contributed by atoms with Gasteiger partial charge in [0.1, 0.15) is 0 Å². The van der Waals surface area contributed by atoms with Gasteiger partial charge in [-0.2, -0.15) is 0 Å². The molecule has 368 valence electrons. The molecule has 0 aliphatic heterocycles. The highest BCUT2D eigenvalue weighted by atomic mass is 14.5. The average molecular weight is 1000 g/mol. The van der Waals surface area contributed by atoms with Gasteiger partial charge in [-0.05, 0) is 168 Å². The Labute approximate surface area is 461 Å². The minimum atomic E-state index is -0.610. The molecule has 14 aromatic rings. The molecule has 14 aromatic carbocycles. The first-order chi connectivity index (χ1) is 39.2. The van der Waals surface area contributed by atoms with Crippen LogP contribution in [0.15, 0.2) is 315 Å². The van der Waals surface area contributed by atoms with Gasteiger partial charge in [0.25, 0.3) is 0 Å². The van der Waals surface area contributed by atoms with Gasteiger partial charge < -0.3 is 0 Å². The van der Waals surface area contributed by atoms with Crippen LogP contribution in [0.4, 0.5) is 0 Å². The van der Waals surface area contributed by atoms with Crippen molar-refractivity contribution in [1.82, 2.24) is 0 Å². The van der Waals surface area contributed by atoms with Gasteiger partial charge in [0.2, 0.25) is 0 Å². The Bertz CT molecular complexity index is 4400. The molecule has 0 atom stereocenters. The fourth-order valence-corrected chi connectivity index (χ4v) is 13.2. The van der Waals surface area contributed by atoms with Gasteiger partial charge in [-0.25, -0.2) is 0 Å². The molecule has 0 saturated carbocycles. The zero-order chi connectivity index (χ0) is 52.3. The summed E-state index contributed by atoms with van der Waals surface area (Å²) in [5, 5.41) is 7.38. The Kier molecular flexibility index (Phi) is 11.2. The highest BCUT2D eigenvalue weighted by molar-refractivity contribution is 6.24. The number of hydrogen-bond donors (Lipinski definition) is 0. The van der Waals surface area contributed by atoms with Crippen LogP contribution in [-0.4, -0.2) is 0 Å². The van der Waals surface area contributed by atoms with E-state index in [4.69, 9.17) is 0 Å². The maximum absolute atomic E-state index is 2.54. The van der Waals surface area contributed by atoms with Crippen LogP contribution in [0.1, 0.15) is 22.3 Å². The molecule has 0 N–H and O–H groups in total. The van der Waals surface area contributed by atoms with Crippen LogP contribution in [0.25, 0.3) is 121 Å².